The summed E-state index contributed by atoms with van der Waals surface area (Å²) in [5.41, 5.74) is 2.95. The van der Waals surface area contributed by atoms with Crippen molar-refractivity contribution in [2.75, 3.05) is 5.32 Å². The third kappa shape index (κ3) is 3.74. The predicted molar refractivity (Wildman–Crippen MR) is 101 cm³/mol. The molecule has 1 heterocycles. The summed E-state index contributed by atoms with van der Waals surface area (Å²) >= 11 is 3.41. The van der Waals surface area contributed by atoms with Gasteiger partial charge in [-0.25, -0.2) is 4.79 Å². The number of hydrogen-bond acceptors (Lipinski definition) is 3. The van der Waals surface area contributed by atoms with Crippen LogP contribution in [0.1, 0.15) is 22.8 Å². The third-order valence-electron chi connectivity index (χ3n) is 3.84. The van der Waals surface area contributed by atoms with Gasteiger partial charge in [0.05, 0.1) is 11.3 Å². The van der Waals surface area contributed by atoms with E-state index in [4.69, 9.17) is 4.74 Å². The Morgan fingerprint density at radius 1 is 1.20 bits per heavy atom. The number of esters is 1. The molecule has 0 unspecified atom stereocenters. The number of rotatable bonds is 4. The van der Waals surface area contributed by atoms with Crippen molar-refractivity contribution in [2.45, 2.75) is 20.0 Å². The van der Waals surface area contributed by atoms with E-state index in [0.717, 1.165) is 20.9 Å². The number of nitrogens with one attached hydrogen (secondary N) is 2. The third-order valence-corrected chi connectivity index (χ3v) is 4.50. The second kappa shape index (κ2) is 7.11. The number of halogens is 1. The number of carbonyl (C=O) groups excluding carboxylic acids is 2. The molecule has 0 bridgehead atoms. The molecule has 6 heteroatoms. The predicted octanol–water partition coefficient (Wildman–Crippen LogP) is 4.42. The molecule has 2 N–H and O–H groups in total. The highest BCUT2D eigenvalue weighted by molar-refractivity contribution is 9.10. The molecule has 25 heavy (non-hydrogen) atoms. The van der Waals surface area contributed by atoms with Crippen molar-refractivity contribution in [1.29, 1.82) is 0 Å². The number of benzene rings is 2. The molecule has 128 valence electrons. The van der Waals surface area contributed by atoms with Gasteiger partial charge in [0, 0.05) is 21.6 Å². The summed E-state index contributed by atoms with van der Waals surface area (Å²) in [4.78, 5) is 27.7. The molecule has 0 radical (unpaired) electrons. The maximum Gasteiger partial charge on any atom is 0.341 e. The number of anilines is 1. The maximum atomic E-state index is 12.4. The van der Waals surface area contributed by atoms with Gasteiger partial charge in [0.25, 0.3) is 5.91 Å². The summed E-state index contributed by atoms with van der Waals surface area (Å²) in [7, 11) is 0. The highest BCUT2D eigenvalue weighted by Crippen LogP contribution is 2.24. The lowest BCUT2D eigenvalue weighted by atomic mass is 10.2. The highest BCUT2D eigenvalue weighted by atomic mass is 79.9. The molecule has 0 fully saturated rings. The zero-order valence-electron chi connectivity index (χ0n) is 13.8. The first kappa shape index (κ1) is 17.2. The highest BCUT2D eigenvalue weighted by Gasteiger charge is 2.21. The Morgan fingerprint density at radius 3 is 2.72 bits per heavy atom. The Balaban J connectivity index is 1.69. The number of amides is 1. The normalized spacial score (nSPS) is 12.0. The van der Waals surface area contributed by atoms with Crippen LogP contribution in [0.5, 0.6) is 0 Å². The van der Waals surface area contributed by atoms with E-state index in [0.29, 0.717) is 11.3 Å². The fraction of sp³-hybridized carbons (Fsp3) is 0.158. The number of aryl methyl sites for hydroxylation is 1. The molecule has 1 amide bonds. The van der Waals surface area contributed by atoms with E-state index in [-0.39, 0.29) is 0 Å². The number of fused-ring (bicyclic) bond motifs is 1. The van der Waals surface area contributed by atoms with Crippen LogP contribution >= 0.6 is 15.9 Å². The van der Waals surface area contributed by atoms with E-state index < -0.39 is 18.0 Å². The number of aromatic nitrogens is 1. The number of carbonyl (C=O) groups is 2. The summed E-state index contributed by atoms with van der Waals surface area (Å²) in [6.07, 6.45) is 0.670. The van der Waals surface area contributed by atoms with Crippen molar-refractivity contribution < 1.29 is 14.3 Å². The van der Waals surface area contributed by atoms with Crippen molar-refractivity contribution in [1.82, 2.24) is 4.98 Å². The van der Waals surface area contributed by atoms with Crippen molar-refractivity contribution >= 4 is 44.4 Å². The molecule has 0 saturated heterocycles. The summed E-state index contributed by atoms with van der Waals surface area (Å²) < 4.78 is 6.09. The largest absolute Gasteiger partial charge is 0.449 e. The van der Waals surface area contributed by atoms with E-state index in [2.05, 4.69) is 26.2 Å². The molecule has 0 saturated carbocycles. The smallest absolute Gasteiger partial charge is 0.341 e. The molecular formula is C19H17BrN2O3. The second-order valence-corrected chi connectivity index (χ2v) is 6.62. The van der Waals surface area contributed by atoms with E-state index >= 15 is 0 Å². The number of para-hydroxylation sites is 1. The fourth-order valence-corrected chi connectivity index (χ4v) is 3.07. The van der Waals surface area contributed by atoms with Crippen LogP contribution in [0.2, 0.25) is 0 Å². The number of aromatic amines is 1. The maximum absolute atomic E-state index is 12.4. The summed E-state index contributed by atoms with van der Waals surface area (Å²) in [5.74, 6) is -0.930. The first-order chi connectivity index (χ1) is 12.0. The van der Waals surface area contributed by atoms with Crippen LogP contribution in [0.4, 0.5) is 5.69 Å². The summed E-state index contributed by atoms with van der Waals surface area (Å²) in [5, 5.41) is 3.52. The molecule has 0 aliphatic carbocycles. The molecule has 1 atom stereocenters. The lowest BCUT2D eigenvalue weighted by Gasteiger charge is -2.14. The molecule has 5 nitrogen and oxygen atoms in total. The SMILES string of the molecule is Cc1ccc(NC(=O)[C@H](C)OC(=O)c2c[nH]c3ccccc23)c(Br)c1. The number of hydrogen-bond donors (Lipinski definition) is 2. The quantitative estimate of drug-likeness (QED) is 0.636. The van der Waals surface area contributed by atoms with Crippen molar-refractivity contribution in [3.63, 3.8) is 0 Å². The van der Waals surface area contributed by atoms with Crippen LogP contribution in [0.25, 0.3) is 10.9 Å². The van der Waals surface area contributed by atoms with Gasteiger partial charge < -0.3 is 15.0 Å². The molecule has 0 aliphatic rings. The molecule has 1 aromatic heterocycles. The number of H-pyrrole nitrogens is 1. The average molecular weight is 401 g/mol. The van der Waals surface area contributed by atoms with Gasteiger partial charge in [0.1, 0.15) is 0 Å². The lowest BCUT2D eigenvalue weighted by Crippen LogP contribution is -2.30. The average Bonchev–Trinajstić information content (AvgIpc) is 3.01. The fourth-order valence-electron chi connectivity index (χ4n) is 2.47. The van der Waals surface area contributed by atoms with Crippen molar-refractivity contribution in [3.05, 3.63) is 64.3 Å². The topological polar surface area (TPSA) is 71.2 Å². The van der Waals surface area contributed by atoms with E-state index in [1.54, 1.807) is 19.2 Å². The molecule has 3 aromatic rings. The molecule has 2 aromatic carbocycles. The Hall–Kier alpha value is -2.60. The first-order valence-corrected chi connectivity index (χ1v) is 8.59. The van der Waals surface area contributed by atoms with E-state index in [9.17, 15) is 9.59 Å². The zero-order valence-corrected chi connectivity index (χ0v) is 15.4. The minimum absolute atomic E-state index is 0.391. The Morgan fingerprint density at radius 2 is 1.96 bits per heavy atom. The van der Waals surface area contributed by atoms with E-state index in [1.807, 2.05) is 43.3 Å². The standard InChI is InChI=1S/C19H17BrN2O3/c1-11-7-8-17(15(20)9-11)22-18(23)12(2)25-19(24)14-10-21-16-6-4-3-5-13(14)16/h3-10,12,21H,1-2H3,(H,22,23)/t12-/m0/s1. The summed E-state index contributed by atoms with van der Waals surface area (Å²) in [6.45, 7) is 3.51. The van der Waals surface area contributed by atoms with Gasteiger partial charge >= 0.3 is 5.97 Å². The molecule has 0 aliphatic heterocycles. The van der Waals surface area contributed by atoms with Crippen LogP contribution in [0, 0.1) is 6.92 Å². The summed E-state index contributed by atoms with van der Waals surface area (Å²) in [6, 6.07) is 13.0. The van der Waals surface area contributed by atoms with Crippen LogP contribution in [0.3, 0.4) is 0 Å². The van der Waals surface area contributed by atoms with Gasteiger partial charge in [-0.2, -0.15) is 0 Å². The van der Waals surface area contributed by atoms with Crippen LogP contribution < -0.4 is 5.32 Å². The second-order valence-electron chi connectivity index (χ2n) is 5.77. The Kier molecular flexibility index (Phi) is 4.90. The van der Waals surface area contributed by atoms with Gasteiger partial charge in [-0.3, -0.25) is 4.79 Å². The van der Waals surface area contributed by atoms with Crippen molar-refractivity contribution in [2.24, 2.45) is 0 Å². The van der Waals surface area contributed by atoms with Crippen molar-refractivity contribution in [3.8, 4) is 0 Å². The van der Waals surface area contributed by atoms with E-state index in [1.165, 1.54) is 0 Å². The minimum atomic E-state index is -0.922. The Bertz CT molecular complexity index is 949. The van der Waals surface area contributed by atoms with Gasteiger partial charge in [0.2, 0.25) is 0 Å². The molecule has 0 spiro atoms. The van der Waals surface area contributed by atoms with Gasteiger partial charge in [-0.1, -0.05) is 24.3 Å². The zero-order chi connectivity index (χ0) is 18.0. The molecule has 3 rings (SSSR count). The minimum Gasteiger partial charge on any atom is -0.449 e. The molecular weight excluding hydrogens is 384 g/mol. The lowest BCUT2D eigenvalue weighted by molar-refractivity contribution is -0.123. The van der Waals surface area contributed by atoms with Gasteiger partial charge in [-0.15, -0.1) is 0 Å². The van der Waals surface area contributed by atoms with Crippen LogP contribution in [0.15, 0.2) is 53.1 Å². The Labute approximate surface area is 153 Å². The van der Waals surface area contributed by atoms with Gasteiger partial charge in [-0.05, 0) is 53.5 Å². The first-order valence-electron chi connectivity index (χ1n) is 7.80. The monoisotopic (exact) mass is 400 g/mol. The number of ether oxygens (including phenoxy) is 1. The van der Waals surface area contributed by atoms with Crippen LogP contribution in [-0.2, 0) is 9.53 Å². The van der Waals surface area contributed by atoms with Gasteiger partial charge in [0.15, 0.2) is 6.10 Å². The van der Waals surface area contributed by atoms with Crippen LogP contribution in [-0.4, -0.2) is 23.0 Å².